The zero-order valence-electron chi connectivity index (χ0n) is 12.7. The van der Waals surface area contributed by atoms with Crippen LogP contribution >= 0.6 is 0 Å². The van der Waals surface area contributed by atoms with Crippen LogP contribution in [-0.2, 0) is 0 Å². The lowest BCUT2D eigenvalue weighted by Crippen LogP contribution is -2.51. The number of fused-ring (bicyclic) bond motifs is 2. The number of likely N-dealkylation sites (tertiary alicyclic amines) is 1. The topological polar surface area (TPSA) is 41.6 Å². The molecule has 2 aromatic rings. The zero-order valence-corrected chi connectivity index (χ0v) is 12.7. The number of hydrogen-bond donors (Lipinski definition) is 1. The molecule has 2 saturated heterocycles. The number of nitrogens with one attached hydrogen (secondary N) is 1. The Bertz CT molecular complexity index is 716. The van der Waals surface area contributed by atoms with Crippen LogP contribution in [0.5, 0.6) is 5.75 Å². The van der Waals surface area contributed by atoms with Gasteiger partial charge < -0.3 is 15.0 Å². The van der Waals surface area contributed by atoms with Crippen LogP contribution in [0.1, 0.15) is 17.3 Å². The average molecular weight is 296 g/mol. The Labute approximate surface area is 130 Å². The van der Waals surface area contributed by atoms with Crippen LogP contribution in [0.25, 0.3) is 10.8 Å². The van der Waals surface area contributed by atoms with Gasteiger partial charge in [-0.2, -0.15) is 0 Å². The van der Waals surface area contributed by atoms with Gasteiger partial charge in [-0.15, -0.1) is 0 Å². The Morgan fingerprint density at radius 1 is 1.27 bits per heavy atom. The number of carbonyl (C=O) groups is 1. The second kappa shape index (κ2) is 5.29. The fraction of sp³-hybridized carbons (Fsp3) is 0.389. The summed E-state index contributed by atoms with van der Waals surface area (Å²) in [5.74, 6) is 1.41. The van der Waals surface area contributed by atoms with Crippen LogP contribution in [-0.4, -0.2) is 43.1 Å². The molecule has 0 bridgehead atoms. The molecule has 2 aliphatic rings. The van der Waals surface area contributed by atoms with Gasteiger partial charge in [0.2, 0.25) is 0 Å². The van der Waals surface area contributed by atoms with E-state index in [0.717, 1.165) is 30.4 Å². The number of nitrogens with zero attached hydrogens (tertiary/aromatic N) is 1. The van der Waals surface area contributed by atoms with E-state index in [4.69, 9.17) is 4.74 Å². The molecule has 0 spiro atoms. The first-order valence-corrected chi connectivity index (χ1v) is 7.95. The fourth-order valence-corrected chi connectivity index (χ4v) is 3.52. The monoisotopic (exact) mass is 296 g/mol. The first-order valence-electron chi connectivity index (χ1n) is 7.95. The van der Waals surface area contributed by atoms with Crippen molar-refractivity contribution in [3.63, 3.8) is 0 Å². The number of ether oxygens (including phenoxy) is 1. The smallest absolute Gasteiger partial charge is 0.258 e. The van der Waals surface area contributed by atoms with Gasteiger partial charge in [0.05, 0.1) is 12.2 Å². The summed E-state index contributed by atoms with van der Waals surface area (Å²) < 4.78 is 5.73. The Hall–Kier alpha value is -2.07. The van der Waals surface area contributed by atoms with Crippen molar-refractivity contribution < 1.29 is 9.53 Å². The minimum absolute atomic E-state index is 0.0939. The Morgan fingerprint density at radius 3 is 2.82 bits per heavy atom. The molecule has 2 aromatic carbocycles. The SMILES string of the molecule is CCOc1ccc2ccccc2c1C(=O)N1CC2CNC2C1. The molecule has 0 radical (unpaired) electrons. The van der Waals surface area contributed by atoms with Crippen LogP contribution in [0.3, 0.4) is 0 Å². The lowest BCUT2D eigenvalue weighted by Gasteiger charge is -2.29. The number of amides is 1. The number of rotatable bonds is 3. The predicted octanol–water partition coefficient (Wildman–Crippen LogP) is 2.28. The highest BCUT2D eigenvalue weighted by molar-refractivity contribution is 6.09. The minimum atomic E-state index is 0.0939. The van der Waals surface area contributed by atoms with E-state index in [1.807, 2.05) is 48.2 Å². The summed E-state index contributed by atoms with van der Waals surface area (Å²) in [5, 5.41) is 5.45. The van der Waals surface area contributed by atoms with E-state index in [1.165, 1.54) is 0 Å². The summed E-state index contributed by atoms with van der Waals surface area (Å²) in [4.78, 5) is 15.1. The molecule has 0 aliphatic carbocycles. The van der Waals surface area contributed by atoms with Crippen molar-refractivity contribution in [2.24, 2.45) is 5.92 Å². The van der Waals surface area contributed by atoms with Crippen molar-refractivity contribution >= 4 is 16.7 Å². The predicted molar refractivity (Wildman–Crippen MR) is 86.3 cm³/mol. The molecule has 2 atom stereocenters. The maximum absolute atomic E-state index is 13.1. The van der Waals surface area contributed by atoms with Crippen molar-refractivity contribution in [1.29, 1.82) is 0 Å². The summed E-state index contributed by atoms with van der Waals surface area (Å²) in [5.41, 5.74) is 0.709. The molecule has 0 aromatic heterocycles. The third-order valence-electron chi connectivity index (χ3n) is 4.77. The van der Waals surface area contributed by atoms with Gasteiger partial charge in [-0.25, -0.2) is 0 Å². The fourth-order valence-electron chi connectivity index (χ4n) is 3.52. The molecule has 114 valence electrons. The Kier molecular flexibility index (Phi) is 3.26. The van der Waals surface area contributed by atoms with Gasteiger partial charge in [-0.05, 0) is 23.8 Å². The van der Waals surface area contributed by atoms with Crippen molar-refractivity contribution in [2.45, 2.75) is 13.0 Å². The molecule has 4 rings (SSSR count). The van der Waals surface area contributed by atoms with Gasteiger partial charge in [0.25, 0.3) is 5.91 Å². The second-order valence-electron chi connectivity index (χ2n) is 6.08. The van der Waals surface area contributed by atoms with Crippen molar-refractivity contribution in [1.82, 2.24) is 10.2 Å². The van der Waals surface area contributed by atoms with E-state index < -0.39 is 0 Å². The van der Waals surface area contributed by atoms with Crippen LogP contribution in [0, 0.1) is 5.92 Å². The lowest BCUT2D eigenvalue weighted by atomic mass is 9.96. The molecular formula is C18H20N2O2. The molecule has 0 saturated carbocycles. The van der Waals surface area contributed by atoms with E-state index in [0.29, 0.717) is 29.9 Å². The average Bonchev–Trinajstić information content (AvgIpc) is 2.82. The third kappa shape index (κ3) is 2.06. The van der Waals surface area contributed by atoms with Crippen LogP contribution in [0.15, 0.2) is 36.4 Å². The Morgan fingerprint density at radius 2 is 2.14 bits per heavy atom. The van der Waals surface area contributed by atoms with Gasteiger partial charge in [-0.1, -0.05) is 30.3 Å². The van der Waals surface area contributed by atoms with E-state index in [-0.39, 0.29) is 5.91 Å². The summed E-state index contributed by atoms with van der Waals surface area (Å²) in [6, 6.07) is 12.4. The summed E-state index contributed by atoms with van der Waals surface area (Å²) in [6.45, 7) is 5.20. The van der Waals surface area contributed by atoms with Crippen molar-refractivity contribution in [2.75, 3.05) is 26.2 Å². The quantitative estimate of drug-likeness (QED) is 0.945. The first kappa shape index (κ1) is 13.6. The summed E-state index contributed by atoms with van der Waals surface area (Å²) in [7, 11) is 0. The highest BCUT2D eigenvalue weighted by atomic mass is 16.5. The van der Waals surface area contributed by atoms with E-state index in [1.54, 1.807) is 0 Å². The standard InChI is InChI=1S/C18H20N2O2/c1-2-22-16-8-7-12-5-3-4-6-14(12)17(16)18(21)20-10-13-9-19-15(13)11-20/h3-8,13,15,19H,2,9-11H2,1H3. The van der Waals surface area contributed by atoms with Gasteiger partial charge in [0.15, 0.2) is 0 Å². The van der Waals surface area contributed by atoms with E-state index >= 15 is 0 Å². The highest BCUT2D eigenvalue weighted by Crippen LogP contribution is 2.32. The maximum Gasteiger partial charge on any atom is 0.258 e. The molecule has 2 aliphatic heterocycles. The van der Waals surface area contributed by atoms with Gasteiger partial charge >= 0.3 is 0 Å². The van der Waals surface area contributed by atoms with Crippen LogP contribution in [0.2, 0.25) is 0 Å². The normalized spacial score (nSPS) is 23.2. The first-order chi connectivity index (χ1) is 10.8. The molecular weight excluding hydrogens is 276 g/mol. The van der Waals surface area contributed by atoms with E-state index in [9.17, 15) is 4.79 Å². The molecule has 2 heterocycles. The molecule has 2 fully saturated rings. The number of hydrogen-bond acceptors (Lipinski definition) is 3. The molecule has 4 nitrogen and oxygen atoms in total. The summed E-state index contributed by atoms with van der Waals surface area (Å²) >= 11 is 0. The zero-order chi connectivity index (χ0) is 15.1. The molecule has 1 N–H and O–H groups in total. The molecule has 4 heteroatoms. The number of carbonyl (C=O) groups excluding carboxylic acids is 1. The summed E-state index contributed by atoms with van der Waals surface area (Å²) in [6.07, 6.45) is 0. The Balaban J connectivity index is 1.77. The highest BCUT2D eigenvalue weighted by Gasteiger charge is 2.41. The van der Waals surface area contributed by atoms with Crippen molar-refractivity contribution in [3.05, 3.63) is 42.0 Å². The van der Waals surface area contributed by atoms with Crippen LogP contribution in [0.4, 0.5) is 0 Å². The van der Waals surface area contributed by atoms with Crippen LogP contribution < -0.4 is 10.1 Å². The number of benzene rings is 2. The minimum Gasteiger partial charge on any atom is -0.493 e. The van der Waals surface area contributed by atoms with Gasteiger partial charge in [-0.3, -0.25) is 4.79 Å². The third-order valence-corrected chi connectivity index (χ3v) is 4.77. The second-order valence-corrected chi connectivity index (χ2v) is 6.08. The largest absolute Gasteiger partial charge is 0.493 e. The van der Waals surface area contributed by atoms with Gasteiger partial charge in [0.1, 0.15) is 5.75 Å². The van der Waals surface area contributed by atoms with E-state index in [2.05, 4.69) is 5.32 Å². The van der Waals surface area contributed by atoms with Crippen molar-refractivity contribution in [3.8, 4) is 5.75 Å². The molecule has 22 heavy (non-hydrogen) atoms. The molecule has 1 amide bonds. The van der Waals surface area contributed by atoms with Gasteiger partial charge in [0, 0.05) is 31.6 Å². The lowest BCUT2D eigenvalue weighted by molar-refractivity contribution is 0.0787. The molecule has 2 unspecified atom stereocenters. The maximum atomic E-state index is 13.1.